The van der Waals surface area contributed by atoms with E-state index in [1.54, 1.807) is 0 Å². The molecule has 1 atom stereocenters. The number of hydrogen-bond donors (Lipinski definition) is 0. The molecule has 16 heavy (non-hydrogen) atoms. The van der Waals surface area contributed by atoms with Crippen LogP contribution >= 0.6 is 0 Å². The highest BCUT2D eigenvalue weighted by Gasteiger charge is 2.25. The van der Waals surface area contributed by atoms with Gasteiger partial charge in [0.2, 0.25) is 11.9 Å². The average Bonchev–Trinajstić information content (AvgIpc) is 2.16. The topological polar surface area (TPSA) is 63.6 Å². The minimum atomic E-state index is -3.41. The van der Waals surface area contributed by atoms with E-state index in [2.05, 4.69) is 4.99 Å². The molecule has 0 N–H and O–H groups in total. The van der Waals surface area contributed by atoms with Crippen LogP contribution in [0, 0.1) is 0 Å². The van der Waals surface area contributed by atoms with Crippen molar-refractivity contribution in [1.82, 2.24) is 0 Å². The summed E-state index contributed by atoms with van der Waals surface area (Å²) in [6.45, 7) is 1.05. The molecule has 4 nitrogen and oxygen atoms in total. The van der Waals surface area contributed by atoms with Crippen molar-refractivity contribution in [1.29, 1.82) is 0 Å². The Hall–Kier alpha value is -1.52. The number of halogens is 1. The van der Waals surface area contributed by atoms with Crippen LogP contribution in [0.3, 0.4) is 0 Å². The van der Waals surface area contributed by atoms with E-state index in [4.69, 9.17) is 0 Å². The van der Waals surface area contributed by atoms with Crippen molar-refractivity contribution < 1.29 is 17.6 Å². The van der Waals surface area contributed by atoms with Gasteiger partial charge in [-0.05, 0) is 19.1 Å². The van der Waals surface area contributed by atoms with Crippen LogP contribution < -0.4 is 0 Å². The molecule has 1 unspecified atom stereocenters. The Bertz CT molecular complexity index is 545. The van der Waals surface area contributed by atoms with Crippen molar-refractivity contribution in [2.24, 2.45) is 4.99 Å². The second kappa shape index (κ2) is 4.15. The molecule has 0 saturated carbocycles. The van der Waals surface area contributed by atoms with Crippen LogP contribution in [-0.2, 0) is 20.4 Å². The molecule has 6 heteroatoms. The monoisotopic (exact) mass is 243 g/mol. The number of isocyanates is 1. The normalized spacial score (nSPS) is 14.9. The van der Waals surface area contributed by atoms with Crippen LogP contribution in [-0.4, -0.2) is 20.8 Å². The lowest BCUT2D eigenvalue weighted by atomic mass is 10.1. The van der Waals surface area contributed by atoms with Gasteiger partial charge in [-0.25, -0.2) is 17.6 Å². The highest BCUT2D eigenvalue weighted by molar-refractivity contribution is 7.90. The van der Waals surface area contributed by atoms with Crippen LogP contribution in [0.15, 0.2) is 34.2 Å². The summed E-state index contributed by atoms with van der Waals surface area (Å²) in [6.07, 6.45) is 2.13. The standard InChI is InChI=1S/C10H10FNO3S/c1-10(11,12-7-13)8-4-3-5-9(6-8)16(2,14)15/h3-6H,1-2H3. The minimum absolute atomic E-state index is 0.00113. The fraction of sp³-hybridized carbons (Fsp3) is 0.300. The molecule has 86 valence electrons. The Balaban J connectivity index is 3.34. The van der Waals surface area contributed by atoms with Gasteiger partial charge in [-0.15, -0.1) is 0 Å². The summed E-state index contributed by atoms with van der Waals surface area (Å²) in [6, 6.07) is 5.25. The third-order valence-electron chi connectivity index (χ3n) is 2.04. The Morgan fingerprint density at radius 1 is 1.44 bits per heavy atom. The first-order valence-corrected chi connectivity index (χ1v) is 6.25. The van der Waals surface area contributed by atoms with E-state index in [9.17, 15) is 17.6 Å². The molecule has 0 aromatic heterocycles. The smallest absolute Gasteiger partial charge is 0.224 e. The highest BCUT2D eigenvalue weighted by Crippen LogP contribution is 2.28. The van der Waals surface area contributed by atoms with Crippen molar-refractivity contribution >= 4 is 15.9 Å². The van der Waals surface area contributed by atoms with Crippen LogP contribution in [0.5, 0.6) is 0 Å². The molecule has 0 aliphatic rings. The number of nitrogens with zero attached hydrogens (tertiary/aromatic N) is 1. The van der Waals surface area contributed by atoms with Gasteiger partial charge in [0.05, 0.1) is 4.90 Å². The Labute approximate surface area is 92.7 Å². The fourth-order valence-corrected chi connectivity index (χ4v) is 1.83. The van der Waals surface area contributed by atoms with Gasteiger partial charge in [0.25, 0.3) is 0 Å². The second-order valence-corrected chi connectivity index (χ2v) is 5.47. The predicted molar refractivity (Wildman–Crippen MR) is 56.1 cm³/mol. The van der Waals surface area contributed by atoms with Crippen LogP contribution in [0.1, 0.15) is 12.5 Å². The summed E-state index contributed by atoms with van der Waals surface area (Å²) in [7, 11) is -3.41. The lowest BCUT2D eigenvalue weighted by Crippen LogP contribution is -2.12. The zero-order chi connectivity index (χ0) is 12.4. The van der Waals surface area contributed by atoms with Gasteiger partial charge in [0.1, 0.15) is 0 Å². The summed E-state index contributed by atoms with van der Waals surface area (Å²) < 4.78 is 36.2. The van der Waals surface area contributed by atoms with Gasteiger partial charge < -0.3 is 0 Å². The zero-order valence-electron chi connectivity index (χ0n) is 8.77. The maximum Gasteiger partial charge on any atom is 0.238 e. The van der Waals surface area contributed by atoms with E-state index >= 15 is 0 Å². The van der Waals surface area contributed by atoms with Crippen molar-refractivity contribution in [2.45, 2.75) is 17.6 Å². The minimum Gasteiger partial charge on any atom is -0.224 e. The van der Waals surface area contributed by atoms with Gasteiger partial charge in [-0.3, -0.25) is 0 Å². The maximum absolute atomic E-state index is 13.8. The van der Waals surface area contributed by atoms with E-state index in [1.807, 2.05) is 0 Å². The largest absolute Gasteiger partial charge is 0.238 e. The molecule has 1 aromatic rings. The van der Waals surface area contributed by atoms with E-state index < -0.39 is 15.6 Å². The third-order valence-corrected chi connectivity index (χ3v) is 3.15. The van der Waals surface area contributed by atoms with Crippen LogP contribution in [0.25, 0.3) is 0 Å². The predicted octanol–water partition coefficient (Wildman–Crippen LogP) is 1.57. The molecule has 1 aromatic carbocycles. The molecule has 0 bridgehead atoms. The summed E-state index contributed by atoms with van der Waals surface area (Å²) >= 11 is 0. The number of carbonyl (C=O) groups excluding carboxylic acids is 1. The quantitative estimate of drug-likeness (QED) is 0.460. The summed E-state index contributed by atoms with van der Waals surface area (Å²) in [5, 5.41) is 0. The number of alkyl halides is 1. The molecule has 0 aliphatic carbocycles. The zero-order valence-corrected chi connectivity index (χ0v) is 9.58. The second-order valence-electron chi connectivity index (χ2n) is 3.46. The number of aliphatic imine (C=N–C) groups is 1. The van der Waals surface area contributed by atoms with Gasteiger partial charge in [-0.2, -0.15) is 4.99 Å². The molecule has 1 rings (SSSR count). The number of sulfone groups is 1. The fourth-order valence-electron chi connectivity index (χ4n) is 1.16. The summed E-state index contributed by atoms with van der Waals surface area (Å²) in [5.74, 6) is -2.26. The molecular weight excluding hydrogens is 233 g/mol. The molecular formula is C10H10FNO3S. The Morgan fingerprint density at radius 3 is 2.56 bits per heavy atom. The molecule has 0 fully saturated rings. The molecule has 0 spiro atoms. The first-order chi connectivity index (χ1) is 7.27. The van der Waals surface area contributed by atoms with Gasteiger partial charge in [-0.1, -0.05) is 12.1 Å². The molecule has 0 radical (unpaired) electrons. The van der Waals surface area contributed by atoms with E-state index in [1.165, 1.54) is 18.2 Å². The third kappa shape index (κ3) is 2.74. The molecule has 0 aliphatic heterocycles. The average molecular weight is 243 g/mol. The SMILES string of the molecule is CC(F)(N=C=O)c1cccc(S(C)(=O)=O)c1. The van der Waals surface area contributed by atoms with Gasteiger partial charge in [0.15, 0.2) is 9.84 Å². The number of benzene rings is 1. The molecule has 0 heterocycles. The lowest BCUT2D eigenvalue weighted by Gasteiger charge is -2.14. The van der Waals surface area contributed by atoms with Crippen LogP contribution in [0.4, 0.5) is 4.39 Å². The molecule has 0 amide bonds. The summed E-state index contributed by atoms with van der Waals surface area (Å²) in [4.78, 5) is 13.0. The van der Waals surface area contributed by atoms with E-state index in [0.717, 1.165) is 25.3 Å². The van der Waals surface area contributed by atoms with Crippen molar-refractivity contribution in [2.75, 3.05) is 6.26 Å². The highest BCUT2D eigenvalue weighted by atomic mass is 32.2. The van der Waals surface area contributed by atoms with Crippen molar-refractivity contribution in [3.05, 3.63) is 29.8 Å². The van der Waals surface area contributed by atoms with Crippen LogP contribution in [0.2, 0.25) is 0 Å². The lowest BCUT2D eigenvalue weighted by molar-refractivity contribution is 0.205. The Kier molecular flexibility index (Phi) is 3.26. The van der Waals surface area contributed by atoms with E-state index in [0.29, 0.717) is 0 Å². The first-order valence-electron chi connectivity index (χ1n) is 4.36. The van der Waals surface area contributed by atoms with Gasteiger partial charge in [0, 0.05) is 11.8 Å². The first kappa shape index (κ1) is 12.5. The van der Waals surface area contributed by atoms with Crippen molar-refractivity contribution in [3.63, 3.8) is 0 Å². The Morgan fingerprint density at radius 2 is 2.06 bits per heavy atom. The number of hydrogen-bond acceptors (Lipinski definition) is 4. The van der Waals surface area contributed by atoms with E-state index in [-0.39, 0.29) is 10.5 Å². The number of rotatable bonds is 3. The molecule has 0 saturated heterocycles. The van der Waals surface area contributed by atoms with Crippen molar-refractivity contribution in [3.8, 4) is 0 Å². The maximum atomic E-state index is 13.8. The van der Waals surface area contributed by atoms with Gasteiger partial charge >= 0.3 is 0 Å². The summed E-state index contributed by atoms with van der Waals surface area (Å²) in [5.41, 5.74) is -0.00113.